The van der Waals surface area contributed by atoms with Crippen LogP contribution in [0.25, 0.3) is 39.4 Å². The summed E-state index contributed by atoms with van der Waals surface area (Å²) in [6.07, 6.45) is 13.5. The van der Waals surface area contributed by atoms with Crippen LogP contribution >= 0.6 is 23.2 Å². The van der Waals surface area contributed by atoms with Crippen molar-refractivity contribution in [3.63, 3.8) is 0 Å². The number of pyridine rings is 1. The van der Waals surface area contributed by atoms with E-state index in [1.54, 1.807) is 6.20 Å². The maximum Gasteiger partial charge on any atom is 0.159 e. The van der Waals surface area contributed by atoms with Gasteiger partial charge in [-0.15, -0.1) is 0 Å². The minimum Gasteiger partial charge on any atom is -0.387 e. The molecule has 11 nitrogen and oxygen atoms in total. The molecule has 312 valence electrons. The maximum atomic E-state index is 7.31. The molecule has 59 heavy (non-hydrogen) atoms. The van der Waals surface area contributed by atoms with E-state index < -0.39 is 0 Å². The van der Waals surface area contributed by atoms with Crippen LogP contribution in [0.5, 0.6) is 0 Å². The van der Waals surface area contributed by atoms with Gasteiger partial charge in [0.1, 0.15) is 12.4 Å². The van der Waals surface area contributed by atoms with Crippen LogP contribution in [0, 0.1) is 19.8 Å². The smallest absolute Gasteiger partial charge is 0.159 e. The Balaban J connectivity index is 1.38. The number of allylic oxidation sites excluding steroid dienone is 2. The third-order valence-electron chi connectivity index (χ3n) is 11.8. The number of ether oxygens (including phenoxy) is 1. The predicted octanol–water partition coefficient (Wildman–Crippen LogP) is 9.63. The highest BCUT2D eigenvalue weighted by Crippen LogP contribution is 2.47. The zero-order chi connectivity index (χ0) is 42.1. The van der Waals surface area contributed by atoms with Crippen molar-refractivity contribution in [2.24, 2.45) is 30.7 Å². The first-order chi connectivity index (χ1) is 28.3. The summed E-state index contributed by atoms with van der Waals surface area (Å²) in [5.74, 6) is 0.837. The number of aryl methyl sites for hydroxylation is 4. The second-order valence-electron chi connectivity index (χ2n) is 15.9. The zero-order valence-electron chi connectivity index (χ0n) is 35.6. The number of amidine groups is 1. The van der Waals surface area contributed by atoms with Crippen molar-refractivity contribution in [1.29, 1.82) is 0 Å². The Labute approximate surface area is 357 Å². The second-order valence-corrected chi connectivity index (χ2v) is 16.7. The summed E-state index contributed by atoms with van der Waals surface area (Å²) < 4.78 is 13.2. The van der Waals surface area contributed by atoms with Crippen molar-refractivity contribution in [2.45, 2.75) is 79.1 Å². The molecule has 2 unspecified atom stereocenters. The second kappa shape index (κ2) is 18.0. The predicted molar refractivity (Wildman–Crippen MR) is 240 cm³/mol. The summed E-state index contributed by atoms with van der Waals surface area (Å²) in [6, 6.07) is 8.07. The standard InChI is InChI=1S/C46H56Cl2N8O3/c1-26-20-33(21-27(2)42(26)48)58-19-11-13-34-35-15-16-38(47)41(40-29(4)53-55(8)30(40)5)44(35)56(28(3)23-50-6)43(34)37-24-54(7)39-17-14-31(22-36(37)39)45(49)52-46-32(25-59-57-9)12-10-18-51-46/h10,12,14-18,20,24,28,31,33,50H,11,13,19,21-23,25H2,1-9H3,(H2,49,51,52)/t28-,31?,33?/m1/s1. The van der Waals surface area contributed by atoms with E-state index in [0.717, 1.165) is 81.3 Å². The van der Waals surface area contributed by atoms with E-state index in [-0.39, 0.29) is 24.7 Å². The number of fused-ring (bicyclic) bond motifs is 2. The van der Waals surface area contributed by atoms with Gasteiger partial charge in [-0.05, 0) is 102 Å². The van der Waals surface area contributed by atoms with E-state index in [1.165, 1.54) is 34.9 Å². The van der Waals surface area contributed by atoms with Gasteiger partial charge in [0, 0.05) is 95.7 Å². The molecule has 4 heterocycles. The van der Waals surface area contributed by atoms with E-state index >= 15 is 0 Å². The molecule has 0 spiro atoms. The number of hydrogen-bond donors (Lipinski definition) is 2. The van der Waals surface area contributed by atoms with Crippen LogP contribution in [-0.4, -0.2) is 63.1 Å². The zero-order valence-corrected chi connectivity index (χ0v) is 37.1. The number of hydrogen-bond acceptors (Lipinski definition) is 7. The Hall–Kier alpha value is -4.49. The lowest BCUT2D eigenvalue weighted by Crippen LogP contribution is -2.26. The van der Waals surface area contributed by atoms with Crippen molar-refractivity contribution in [1.82, 2.24) is 29.2 Å². The molecule has 3 atom stereocenters. The monoisotopic (exact) mass is 838 g/mol. The Bertz CT molecular complexity index is 2500. The molecule has 0 saturated heterocycles. The Kier molecular flexibility index (Phi) is 13.0. The van der Waals surface area contributed by atoms with E-state index in [1.807, 2.05) is 30.9 Å². The summed E-state index contributed by atoms with van der Waals surface area (Å²) in [7, 11) is 7.59. The van der Waals surface area contributed by atoms with Crippen LogP contribution < -0.4 is 11.1 Å². The van der Waals surface area contributed by atoms with Gasteiger partial charge in [-0.25, -0.2) is 19.8 Å². The molecule has 0 saturated carbocycles. The van der Waals surface area contributed by atoms with Gasteiger partial charge in [0.05, 0.1) is 35.1 Å². The Morgan fingerprint density at radius 1 is 1.10 bits per heavy atom. The first kappa shape index (κ1) is 42.6. The van der Waals surface area contributed by atoms with Crippen LogP contribution in [0.15, 0.2) is 70.0 Å². The largest absolute Gasteiger partial charge is 0.387 e. The third kappa shape index (κ3) is 8.34. The average molecular weight is 840 g/mol. The Morgan fingerprint density at radius 2 is 1.90 bits per heavy atom. The number of rotatable bonds is 15. The van der Waals surface area contributed by atoms with Crippen LogP contribution in [0.3, 0.4) is 0 Å². The third-order valence-corrected chi connectivity index (χ3v) is 12.7. The lowest BCUT2D eigenvalue weighted by Gasteiger charge is -2.23. The number of halogens is 2. The minimum atomic E-state index is -0.157. The molecular formula is C46H56Cl2N8O3. The van der Waals surface area contributed by atoms with Gasteiger partial charge in [0.25, 0.3) is 0 Å². The molecular weight excluding hydrogens is 783 g/mol. The summed E-state index contributed by atoms with van der Waals surface area (Å²) >= 11 is 13.8. The van der Waals surface area contributed by atoms with Crippen molar-refractivity contribution < 1.29 is 14.5 Å². The van der Waals surface area contributed by atoms with Gasteiger partial charge in [-0.1, -0.05) is 53.1 Å². The van der Waals surface area contributed by atoms with Gasteiger partial charge < -0.3 is 24.9 Å². The van der Waals surface area contributed by atoms with Gasteiger partial charge in [-0.3, -0.25) is 4.68 Å². The highest BCUT2D eigenvalue weighted by atomic mass is 35.5. The molecule has 2 aliphatic rings. The quantitative estimate of drug-likeness (QED) is 0.0355. The van der Waals surface area contributed by atoms with Crippen molar-refractivity contribution >= 4 is 51.8 Å². The summed E-state index contributed by atoms with van der Waals surface area (Å²) in [4.78, 5) is 19.4. The van der Waals surface area contributed by atoms with E-state index in [2.05, 4.69) is 97.7 Å². The molecule has 0 radical (unpaired) electrons. The molecule has 5 aromatic rings. The molecule has 3 N–H and O–H groups in total. The number of aliphatic imine (C=N–C) groups is 1. The molecule has 4 aromatic heterocycles. The Morgan fingerprint density at radius 3 is 2.61 bits per heavy atom. The number of likely N-dealkylation sites (N-methyl/N-ethyl adjacent to an activating group) is 1. The van der Waals surface area contributed by atoms with Crippen LogP contribution in [-0.2, 0) is 48.1 Å². The fourth-order valence-electron chi connectivity index (χ4n) is 8.92. The first-order valence-electron chi connectivity index (χ1n) is 20.3. The summed E-state index contributed by atoms with van der Waals surface area (Å²) in [5.41, 5.74) is 21.0. The molecule has 0 aliphatic heterocycles. The number of aromatic nitrogens is 5. The molecule has 13 heteroatoms. The van der Waals surface area contributed by atoms with Gasteiger partial charge in [-0.2, -0.15) is 5.10 Å². The minimum absolute atomic E-state index is 0.00237. The van der Waals surface area contributed by atoms with E-state index in [9.17, 15) is 0 Å². The number of nitrogens with one attached hydrogen (secondary N) is 1. The first-order valence-corrected chi connectivity index (χ1v) is 21.1. The fraction of sp³-hybridized carbons (Fsp3) is 0.413. The van der Waals surface area contributed by atoms with Gasteiger partial charge in [0.2, 0.25) is 0 Å². The lowest BCUT2D eigenvalue weighted by molar-refractivity contribution is -0.282. The number of nitrogens with zero attached hydrogens (tertiary/aromatic N) is 6. The average Bonchev–Trinajstić information content (AvgIpc) is 3.81. The van der Waals surface area contributed by atoms with Gasteiger partial charge >= 0.3 is 0 Å². The fourth-order valence-corrected chi connectivity index (χ4v) is 9.31. The van der Waals surface area contributed by atoms with Gasteiger partial charge in [0.15, 0.2) is 5.82 Å². The van der Waals surface area contributed by atoms with Crippen LogP contribution in [0.2, 0.25) is 5.02 Å². The van der Waals surface area contributed by atoms with Crippen molar-refractivity contribution in [3.05, 3.63) is 104 Å². The highest BCUT2D eigenvalue weighted by Gasteiger charge is 2.32. The lowest BCUT2D eigenvalue weighted by atomic mass is 9.88. The number of nitrogens with two attached hydrogens (primary N) is 1. The van der Waals surface area contributed by atoms with Crippen LogP contribution in [0.1, 0.15) is 73.4 Å². The normalized spacial score (nSPS) is 17.6. The highest BCUT2D eigenvalue weighted by molar-refractivity contribution is 6.35. The molecule has 2 aliphatic carbocycles. The molecule has 0 fully saturated rings. The molecule has 1 aromatic carbocycles. The molecule has 0 amide bonds. The number of benzene rings is 1. The van der Waals surface area contributed by atoms with Crippen molar-refractivity contribution in [3.8, 4) is 22.4 Å². The van der Waals surface area contributed by atoms with Crippen molar-refractivity contribution in [2.75, 3.05) is 27.3 Å². The van der Waals surface area contributed by atoms with E-state index in [4.69, 9.17) is 53.5 Å². The maximum absolute atomic E-state index is 7.31. The summed E-state index contributed by atoms with van der Waals surface area (Å²) in [6.45, 7) is 12.2. The van der Waals surface area contributed by atoms with Crippen LogP contribution in [0.4, 0.5) is 5.82 Å². The topological polar surface area (TPSA) is 119 Å². The molecule has 0 bridgehead atoms. The molecule has 7 rings (SSSR count). The SMILES string of the molecule is CNC[C@@H](C)n1c(-c2cn(C)c3c2CC(/C(N)=N/c2ncccc2COOC)C=C3)c(CCCOC2C=C(C)C(Cl)=C(C)C2)c2ccc(Cl)c(-c3c(C)nn(C)c3C)c21. The van der Waals surface area contributed by atoms with E-state index in [0.29, 0.717) is 29.7 Å². The summed E-state index contributed by atoms with van der Waals surface area (Å²) in [5, 5.41) is 11.0.